The average molecular weight is 249 g/mol. The number of benzene rings is 1. The Balaban J connectivity index is 2.88. The van der Waals surface area contributed by atoms with Crippen LogP contribution in [0.4, 0.5) is 4.79 Å². The smallest absolute Gasteiger partial charge is 0.312 e. The molecule has 0 aromatic heterocycles. The largest absolute Gasteiger partial charge is 0.356 e. The minimum absolute atomic E-state index is 0.112. The van der Waals surface area contributed by atoms with Crippen molar-refractivity contribution in [3.05, 3.63) is 35.4 Å². The highest BCUT2D eigenvalue weighted by Gasteiger charge is 2.18. The second-order valence-electron chi connectivity index (χ2n) is 4.08. The molecule has 0 aliphatic carbocycles. The summed E-state index contributed by atoms with van der Waals surface area (Å²) in [7, 11) is 0. The van der Waals surface area contributed by atoms with Crippen molar-refractivity contribution in [2.45, 2.75) is 26.3 Å². The van der Waals surface area contributed by atoms with E-state index >= 15 is 0 Å². The number of urea groups is 1. The van der Waals surface area contributed by atoms with Gasteiger partial charge >= 0.3 is 6.03 Å². The monoisotopic (exact) mass is 249 g/mol. The Bertz CT molecular complexity index is 432. The van der Waals surface area contributed by atoms with Gasteiger partial charge < -0.3 is 16.4 Å². The molecule has 0 aliphatic heterocycles. The van der Waals surface area contributed by atoms with E-state index < -0.39 is 12.1 Å². The van der Waals surface area contributed by atoms with Crippen LogP contribution in [0.15, 0.2) is 24.3 Å². The maximum atomic E-state index is 11.6. The van der Waals surface area contributed by atoms with Crippen LogP contribution in [0.3, 0.4) is 0 Å². The number of rotatable bonds is 5. The van der Waals surface area contributed by atoms with E-state index in [1.165, 1.54) is 0 Å². The van der Waals surface area contributed by atoms with Gasteiger partial charge in [0.1, 0.15) is 0 Å². The number of amides is 3. The van der Waals surface area contributed by atoms with Gasteiger partial charge in [-0.3, -0.25) is 4.79 Å². The molecule has 5 nitrogen and oxygen atoms in total. The molecule has 1 atom stereocenters. The van der Waals surface area contributed by atoms with E-state index in [2.05, 4.69) is 10.6 Å². The van der Waals surface area contributed by atoms with Crippen LogP contribution in [0.1, 0.15) is 30.5 Å². The molecule has 1 aromatic rings. The SMILES string of the molecule is CCNC(=O)CC(NC(N)=O)c1ccccc1C. The minimum atomic E-state index is -0.632. The first-order valence-corrected chi connectivity index (χ1v) is 5.92. The van der Waals surface area contributed by atoms with Crippen molar-refractivity contribution < 1.29 is 9.59 Å². The minimum Gasteiger partial charge on any atom is -0.356 e. The molecule has 1 aromatic carbocycles. The van der Waals surface area contributed by atoms with Crippen LogP contribution in [0.5, 0.6) is 0 Å². The molecule has 0 aliphatic rings. The number of primary amides is 1. The maximum Gasteiger partial charge on any atom is 0.312 e. The lowest BCUT2D eigenvalue weighted by Gasteiger charge is -2.19. The first kappa shape index (κ1) is 14.0. The number of hydrogen-bond acceptors (Lipinski definition) is 2. The first-order chi connectivity index (χ1) is 8.54. The van der Waals surface area contributed by atoms with E-state index in [4.69, 9.17) is 5.73 Å². The van der Waals surface area contributed by atoms with E-state index in [-0.39, 0.29) is 12.3 Å². The van der Waals surface area contributed by atoms with Gasteiger partial charge in [0.15, 0.2) is 0 Å². The number of carbonyl (C=O) groups excluding carboxylic acids is 2. The molecule has 0 heterocycles. The Kier molecular flexibility index (Phi) is 5.17. The van der Waals surface area contributed by atoms with Gasteiger partial charge in [0, 0.05) is 6.54 Å². The molecule has 1 unspecified atom stereocenters. The van der Waals surface area contributed by atoms with E-state index in [1.54, 1.807) is 0 Å². The van der Waals surface area contributed by atoms with Crippen LogP contribution in [-0.4, -0.2) is 18.5 Å². The van der Waals surface area contributed by atoms with Crippen LogP contribution in [0.2, 0.25) is 0 Å². The van der Waals surface area contributed by atoms with Crippen molar-refractivity contribution in [3.8, 4) is 0 Å². The summed E-state index contributed by atoms with van der Waals surface area (Å²) in [5, 5.41) is 5.31. The predicted octanol–water partition coefficient (Wildman–Crippen LogP) is 1.23. The summed E-state index contributed by atoms with van der Waals surface area (Å²) < 4.78 is 0. The van der Waals surface area contributed by atoms with Gasteiger partial charge in [0.2, 0.25) is 5.91 Å². The lowest BCUT2D eigenvalue weighted by atomic mass is 9.98. The molecule has 18 heavy (non-hydrogen) atoms. The van der Waals surface area contributed by atoms with Crippen LogP contribution in [0.25, 0.3) is 0 Å². The van der Waals surface area contributed by atoms with Gasteiger partial charge in [-0.2, -0.15) is 0 Å². The number of aryl methyl sites for hydroxylation is 1. The standard InChI is InChI=1S/C13H19N3O2/c1-3-15-12(17)8-11(16-13(14)18)10-7-5-4-6-9(10)2/h4-7,11H,3,8H2,1-2H3,(H,15,17)(H3,14,16,18). The Morgan fingerprint density at radius 2 is 2.00 bits per heavy atom. The zero-order valence-corrected chi connectivity index (χ0v) is 10.7. The molecule has 0 spiro atoms. The van der Waals surface area contributed by atoms with Gasteiger partial charge in [-0.1, -0.05) is 24.3 Å². The van der Waals surface area contributed by atoms with Crippen molar-refractivity contribution in [1.82, 2.24) is 10.6 Å². The van der Waals surface area contributed by atoms with Gasteiger partial charge in [-0.15, -0.1) is 0 Å². The Morgan fingerprint density at radius 3 is 2.56 bits per heavy atom. The lowest BCUT2D eigenvalue weighted by molar-refractivity contribution is -0.121. The molecule has 3 amide bonds. The summed E-state index contributed by atoms with van der Waals surface area (Å²) in [4.78, 5) is 22.6. The highest BCUT2D eigenvalue weighted by atomic mass is 16.2. The van der Waals surface area contributed by atoms with E-state index in [0.29, 0.717) is 6.54 Å². The molecule has 0 saturated carbocycles. The van der Waals surface area contributed by atoms with Crippen LogP contribution in [-0.2, 0) is 4.79 Å². The lowest BCUT2D eigenvalue weighted by Crippen LogP contribution is -2.36. The second-order valence-corrected chi connectivity index (χ2v) is 4.08. The highest BCUT2D eigenvalue weighted by Crippen LogP contribution is 2.20. The van der Waals surface area contributed by atoms with E-state index in [0.717, 1.165) is 11.1 Å². The number of nitrogens with one attached hydrogen (secondary N) is 2. The molecule has 4 N–H and O–H groups in total. The Hall–Kier alpha value is -2.04. The van der Waals surface area contributed by atoms with Crippen molar-refractivity contribution in [2.75, 3.05) is 6.54 Å². The molecule has 5 heteroatoms. The molecule has 0 fully saturated rings. The molecule has 98 valence electrons. The summed E-state index contributed by atoms with van der Waals surface area (Å²) in [6.07, 6.45) is 0.182. The van der Waals surface area contributed by atoms with Crippen LogP contribution < -0.4 is 16.4 Å². The zero-order chi connectivity index (χ0) is 13.5. The van der Waals surface area contributed by atoms with Gasteiger partial charge in [0.25, 0.3) is 0 Å². The van der Waals surface area contributed by atoms with Crippen molar-refractivity contribution in [3.63, 3.8) is 0 Å². The first-order valence-electron chi connectivity index (χ1n) is 5.92. The zero-order valence-electron chi connectivity index (χ0n) is 10.7. The van der Waals surface area contributed by atoms with Crippen LogP contribution >= 0.6 is 0 Å². The summed E-state index contributed by atoms with van der Waals surface area (Å²) in [6.45, 7) is 4.35. The summed E-state index contributed by atoms with van der Waals surface area (Å²) >= 11 is 0. The quantitative estimate of drug-likeness (QED) is 0.733. The second kappa shape index (κ2) is 6.64. The summed E-state index contributed by atoms with van der Waals surface area (Å²) in [6, 6.07) is 6.57. The van der Waals surface area contributed by atoms with E-state index in [9.17, 15) is 9.59 Å². The third kappa shape index (κ3) is 4.08. The number of carbonyl (C=O) groups is 2. The molecule has 0 bridgehead atoms. The van der Waals surface area contributed by atoms with Gasteiger partial charge in [-0.25, -0.2) is 4.79 Å². The van der Waals surface area contributed by atoms with Gasteiger partial charge in [0.05, 0.1) is 12.5 Å². The molecule has 0 radical (unpaired) electrons. The third-order valence-corrected chi connectivity index (χ3v) is 2.64. The Labute approximate surface area is 107 Å². The fraction of sp³-hybridized carbons (Fsp3) is 0.385. The fourth-order valence-corrected chi connectivity index (χ4v) is 1.84. The normalized spacial score (nSPS) is 11.7. The molecule has 1 rings (SSSR count). The number of hydrogen-bond donors (Lipinski definition) is 3. The maximum absolute atomic E-state index is 11.6. The Morgan fingerprint density at radius 1 is 1.33 bits per heavy atom. The van der Waals surface area contributed by atoms with Crippen molar-refractivity contribution in [2.24, 2.45) is 5.73 Å². The van der Waals surface area contributed by atoms with Gasteiger partial charge in [-0.05, 0) is 25.0 Å². The fourth-order valence-electron chi connectivity index (χ4n) is 1.84. The van der Waals surface area contributed by atoms with Crippen molar-refractivity contribution >= 4 is 11.9 Å². The van der Waals surface area contributed by atoms with Crippen LogP contribution in [0, 0.1) is 6.92 Å². The predicted molar refractivity (Wildman–Crippen MR) is 69.9 cm³/mol. The molecular weight excluding hydrogens is 230 g/mol. The molecule has 0 saturated heterocycles. The van der Waals surface area contributed by atoms with Crippen molar-refractivity contribution in [1.29, 1.82) is 0 Å². The summed E-state index contributed by atoms with van der Waals surface area (Å²) in [5.41, 5.74) is 7.07. The molecular formula is C13H19N3O2. The summed E-state index contributed by atoms with van der Waals surface area (Å²) in [5.74, 6) is -0.112. The highest BCUT2D eigenvalue weighted by molar-refractivity contribution is 5.78. The third-order valence-electron chi connectivity index (χ3n) is 2.64. The number of nitrogens with two attached hydrogens (primary N) is 1. The average Bonchev–Trinajstić information content (AvgIpc) is 2.28. The topological polar surface area (TPSA) is 84.2 Å². The van der Waals surface area contributed by atoms with E-state index in [1.807, 2.05) is 38.1 Å².